The van der Waals surface area contributed by atoms with Crippen LogP contribution in [0, 0.1) is 17.8 Å². The van der Waals surface area contributed by atoms with E-state index in [0.717, 1.165) is 18.4 Å². The van der Waals surface area contributed by atoms with E-state index in [1.54, 1.807) is 0 Å². The molecular weight excluding hydrogens is 172 g/mol. The Morgan fingerprint density at radius 2 is 1.14 bits per heavy atom. The number of ether oxygens (including phenoxy) is 1. The Balaban J connectivity index is -0.000000605. The van der Waals surface area contributed by atoms with Gasteiger partial charge in [0.25, 0.3) is 0 Å². The highest BCUT2D eigenvalue weighted by molar-refractivity contribution is 4.66. The molecule has 0 aliphatic rings. The summed E-state index contributed by atoms with van der Waals surface area (Å²) in [7, 11) is 0. The molecule has 0 aromatic rings. The first kappa shape index (κ1) is 19.5. The van der Waals surface area contributed by atoms with Gasteiger partial charge in [0.15, 0.2) is 0 Å². The fourth-order valence-corrected chi connectivity index (χ4v) is 1.46. The summed E-state index contributed by atoms with van der Waals surface area (Å²) in [6, 6.07) is 0. The Kier molecular flexibility index (Phi) is 13.3. The van der Waals surface area contributed by atoms with Crippen molar-refractivity contribution in [2.24, 2.45) is 17.8 Å². The van der Waals surface area contributed by atoms with Crippen LogP contribution in [-0.4, -0.2) is 12.7 Å². The lowest BCUT2D eigenvalue weighted by atomic mass is 9.86. The first-order valence-electron chi connectivity index (χ1n) is 5.06. The van der Waals surface area contributed by atoms with Crippen molar-refractivity contribution in [3.8, 4) is 0 Å². The maximum atomic E-state index is 5.63. The summed E-state index contributed by atoms with van der Waals surface area (Å²) in [5.74, 6) is 2.15. The van der Waals surface area contributed by atoms with Crippen LogP contribution in [0.2, 0.25) is 0 Å². The third-order valence-corrected chi connectivity index (χ3v) is 2.33. The quantitative estimate of drug-likeness (QED) is 0.635. The van der Waals surface area contributed by atoms with Crippen LogP contribution in [-0.2, 0) is 4.74 Å². The predicted molar refractivity (Wildman–Crippen MR) is 67.7 cm³/mol. The molecule has 0 bridgehead atoms. The highest BCUT2D eigenvalue weighted by atomic mass is 16.5. The molecule has 1 nitrogen and oxygen atoms in total. The van der Waals surface area contributed by atoms with Crippen LogP contribution in [0.4, 0.5) is 0 Å². The minimum atomic E-state index is 0. The molecule has 0 amide bonds. The molecule has 0 heterocycles. The van der Waals surface area contributed by atoms with Crippen LogP contribution in [0.1, 0.15) is 56.4 Å². The maximum Gasteiger partial charge on any atom is 0.0519 e. The molecule has 0 aliphatic carbocycles. The van der Waals surface area contributed by atoms with E-state index < -0.39 is 0 Å². The first-order chi connectivity index (χ1) is 5.45. The van der Waals surface area contributed by atoms with Crippen LogP contribution in [0.15, 0.2) is 0 Å². The van der Waals surface area contributed by atoms with Crippen LogP contribution < -0.4 is 0 Å². The van der Waals surface area contributed by atoms with Gasteiger partial charge in [-0.1, -0.05) is 42.5 Å². The average molecular weight is 204 g/mol. The lowest BCUT2D eigenvalue weighted by molar-refractivity contribution is 0.0247. The number of rotatable bonds is 5. The van der Waals surface area contributed by atoms with Gasteiger partial charge in [0.2, 0.25) is 0 Å². The molecular formula is C13H32O. The largest absolute Gasteiger partial charge is 0.378 e. The molecule has 0 rings (SSSR count). The normalized spacial score (nSPS) is 10.7. The molecule has 90 valence electrons. The van der Waals surface area contributed by atoms with Gasteiger partial charge in [-0.2, -0.15) is 0 Å². The van der Waals surface area contributed by atoms with E-state index in [0.29, 0.717) is 12.0 Å². The SMILES string of the molecule is C.C.CC(C)OCC(C(C)C)C(C)C. The molecule has 0 fully saturated rings. The topological polar surface area (TPSA) is 9.23 Å². The van der Waals surface area contributed by atoms with Crippen molar-refractivity contribution < 1.29 is 4.74 Å². The third-order valence-electron chi connectivity index (χ3n) is 2.33. The van der Waals surface area contributed by atoms with E-state index >= 15 is 0 Å². The summed E-state index contributed by atoms with van der Waals surface area (Å²) < 4.78 is 5.63. The zero-order valence-corrected chi connectivity index (χ0v) is 9.42. The fraction of sp³-hybridized carbons (Fsp3) is 1.00. The van der Waals surface area contributed by atoms with Gasteiger partial charge < -0.3 is 4.74 Å². The predicted octanol–water partition coefficient (Wildman–Crippen LogP) is 4.61. The fourth-order valence-electron chi connectivity index (χ4n) is 1.46. The standard InChI is InChI=1S/C11H24O.2CH4/c1-8(2)11(9(3)4)7-12-10(5)6;;/h8-11H,7H2,1-6H3;2*1H4. The summed E-state index contributed by atoms with van der Waals surface area (Å²) >= 11 is 0. The molecule has 1 heteroatoms. The minimum Gasteiger partial charge on any atom is -0.378 e. The zero-order chi connectivity index (χ0) is 9.72. The second-order valence-corrected chi connectivity index (χ2v) is 4.53. The van der Waals surface area contributed by atoms with E-state index in [1.807, 2.05) is 0 Å². The van der Waals surface area contributed by atoms with Crippen LogP contribution >= 0.6 is 0 Å². The molecule has 0 saturated heterocycles. The van der Waals surface area contributed by atoms with E-state index in [2.05, 4.69) is 41.5 Å². The summed E-state index contributed by atoms with van der Waals surface area (Å²) in [4.78, 5) is 0. The van der Waals surface area contributed by atoms with E-state index in [4.69, 9.17) is 4.74 Å². The van der Waals surface area contributed by atoms with Crippen LogP contribution in [0.3, 0.4) is 0 Å². The van der Waals surface area contributed by atoms with Gasteiger partial charge in [0, 0.05) is 0 Å². The molecule has 14 heavy (non-hydrogen) atoms. The summed E-state index contributed by atoms with van der Waals surface area (Å²) in [6.45, 7) is 14.2. The molecule has 0 N–H and O–H groups in total. The van der Waals surface area contributed by atoms with Crippen molar-refractivity contribution in [3.05, 3.63) is 0 Å². The van der Waals surface area contributed by atoms with E-state index in [1.165, 1.54) is 0 Å². The number of hydrogen-bond acceptors (Lipinski definition) is 1. The summed E-state index contributed by atoms with van der Waals surface area (Å²) in [5, 5.41) is 0. The molecule has 0 saturated carbocycles. The molecule has 0 aliphatic heterocycles. The van der Waals surface area contributed by atoms with Gasteiger partial charge in [-0.15, -0.1) is 0 Å². The average Bonchev–Trinajstić information content (AvgIpc) is 1.84. The van der Waals surface area contributed by atoms with Crippen molar-refractivity contribution in [1.29, 1.82) is 0 Å². The van der Waals surface area contributed by atoms with Crippen molar-refractivity contribution in [2.45, 2.75) is 62.5 Å². The van der Waals surface area contributed by atoms with Gasteiger partial charge in [0.1, 0.15) is 0 Å². The third kappa shape index (κ3) is 8.55. The molecule has 0 aromatic carbocycles. The van der Waals surface area contributed by atoms with Crippen molar-refractivity contribution in [3.63, 3.8) is 0 Å². The number of hydrogen-bond donors (Lipinski definition) is 0. The smallest absolute Gasteiger partial charge is 0.0519 e. The van der Waals surface area contributed by atoms with Gasteiger partial charge in [-0.3, -0.25) is 0 Å². The van der Waals surface area contributed by atoms with Gasteiger partial charge >= 0.3 is 0 Å². The Morgan fingerprint density at radius 1 is 0.786 bits per heavy atom. The zero-order valence-electron chi connectivity index (χ0n) is 9.42. The second kappa shape index (κ2) is 9.51. The highest BCUT2D eigenvalue weighted by Gasteiger charge is 2.17. The Labute approximate surface area is 92.2 Å². The summed E-state index contributed by atoms with van der Waals surface area (Å²) in [6.07, 6.45) is 0.366. The molecule has 0 aromatic heterocycles. The Morgan fingerprint density at radius 3 is 1.36 bits per heavy atom. The minimum absolute atomic E-state index is 0. The highest BCUT2D eigenvalue weighted by Crippen LogP contribution is 2.20. The Bertz CT molecular complexity index is 97.8. The van der Waals surface area contributed by atoms with Crippen molar-refractivity contribution in [2.75, 3.05) is 6.61 Å². The van der Waals surface area contributed by atoms with Gasteiger partial charge in [-0.05, 0) is 31.6 Å². The summed E-state index contributed by atoms with van der Waals surface area (Å²) in [5.41, 5.74) is 0. The second-order valence-electron chi connectivity index (χ2n) is 4.53. The van der Waals surface area contributed by atoms with Crippen LogP contribution in [0.25, 0.3) is 0 Å². The van der Waals surface area contributed by atoms with Crippen LogP contribution in [0.5, 0.6) is 0 Å². The van der Waals surface area contributed by atoms with Gasteiger partial charge in [0.05, 0.1) is 12.7 Å². The lowest BCUT2D eigenvalue weighted by Gasteiger charge is -2.25. The molecule has 0 radical (unpaired) electrons. The monoisotopic (exact) mass is 204 g/mol. The van der Waals surface area contributed by atoms with Crippen molar-refractivity contribution in [1.82, 2.24) is 0 Å². The van der Waals surface area contributed by atoms with E-state index in [9.17, 15) is 0 Å². The lowest BCUT2D eigenvalue weighted by Crippen LogP contribution is -2.23. The maximum absolute atomic E-state index is 5.63. The van der Waals surface area contributed by atoms with Crippen molar-refractivity contribution >= 4 is 0 Å². The Hall–Kier alpha value is -0.0400. The molecule has 0 atom stereocenters. The van der Waals surface area contributed by atoms with Gasteiger partial charge in [-0.25, -0.2) is 0 Å². The molecule has 0 spiro atoms. The molecule has 0 unspecified atom stereocenters. The first-order valence-corrected chi connectivity index (χ1v) is 5.06. The van der Waals surface area contributed by atoms with E-state index in [-0.39, 0.29) is 14.9 Å².